The first-order valence-electron chi connectivity index (χ1n) is 28.5. The lowest BCUT2D eigenvalue weighted by Crippen LogP contribution is -2.49. The van der Waals surface area contributed by atoms with Gasteiger partial charge in [-0.1, -0.05) is 64.9 Å². The van der Waals surface area contributed by atoms with E-state index in [1.54, 1.807) is 21.0 Å². The molecule has 0 spiro atoms. The van der Waals surface area contributed by atoms with E-state index in [2.05, 4.69) is 16.0 Å². The van der Waals surface area contributed by atoms with E-state index in [9.17, 15) is 88.9 Å². The molecule has 7 aromatic carbocycles. The summed E-state index contributed by atoms with van der Waals surface area (Å²) >= 11 is 29.0. The number of nitrogens with two attached hydrogens (primary N) is 1. The number of nitro benzene ring substituents is 2. The molecule has 2 heterocycles. The third-order valence-electron chi connectivity index (χ3n) is 14.2. The van der Waals surface area contributed by atoms with Crippen molar-refractivity contribution >= 4 is 133 Å². The molecule has 1 fully saturated rings. The number of nitrogens with one attached hydrogen (secondary N) is 3. The number of carboxylic acids is 1. The molecule has 0 aliphatic carbocycles. The van der Waals surface area contributed by atoms with E-state index in [1.165, 1.54) is 104 Å². The second kappa shape index (κ2) is 33.1. The van der Waals surface area contributed by atoms with Crippen LogP contribution < -0.4 is 48.1 Å². The van der Waals surface area contributed by atoms with Crippen molar-refractivity contribution in [2.24, 2.45) is 5.41 Å². The summed E-state index contributed by atoms with van der Waals surface area (Å²) in [6.45, 7) is 6.62. The SMILES string of the molecule is CCOc1c(Nc2ccc(Cl)c(C(=O)N(C)C)c2O)c(=O)c1=O.CN(C)C(=O)c1c(Cl)ccc(N)c1O.CN(C)C(=O)c1c(Cl)ccc([N+](=O)[O-])c1O.Cc1ccc([C@H](Nc2c(Nc3ccc(Cl)c(C(=O)N(C)C)c3O)c(=O)c2=O)C2(C)COC2)o1.O=C(O)c1c(Cl)ccc([N+](=O)[O-])c1O. The molecule has 1 saturated heterocycles. The first kappa shape index (κ1) is 79.8. The van der Waals surface area contributed by atoms with Crippen molar-refractivity contribution in [1.29, 1.82) is 0 Å². The molecule has 4 amide bonds. The molecule has 0 bridgehead atoms. The Morgan fingerprint density at radius 1 is 0.550 bits per heavy atom. The molecule has 1 aromatic heterocycles. The number of benzene rings is 5. The van der Waals surface area contributed by atoms with Crippen molar-refractivity contribution in [3.8, 4) is 34.5 Å². The van der Waals surface area contributed by atoms with Crippen molar-refractivity contribution < 1.29 is 78.3 Å². The first-order chi connectivity index (χ1) is 46.6. The van der Waals surface area contributed by atoms with Gasteiger partial charge in [0, 0.05) is 73.9 Å². The standard InChI is InChI=1S/C23H24ClN3O6.C15H15ClN2O5.C9H9ClN2O4.C9H11ClN2O2.C7H4ClNO5/c1-11-5-8-14(33-11)21(23(2)9-32-10-23)26-17-16(19(29)20(17)30)25-13-7-6-12(24)15(18(13)28)22(31)27(3)4;1-4-23-14-10(12(20)13(14)21)17-8-6-5-7(16)9(11(8)19)15(22)18(2)3;1-11(2)9(14)7-5(10)3-4-6(8(7)13)12(15)16;1-12(2)9(14)7-5(10)3-4-6(11)8(7)13;8-3-1-2-4(9(13)14)6(10)5(3)7(11)12/h5-8,21,25-26,28H,9-10H2,1-4H3;5-6,17,19H,4H2,1-3H3;3-4,13H,1-2H3;3-4,13H,11H2,1-2H3;1-2,10H,(H,11,12)/t21-;;;;/m0..../s1. The minimum atomic E-state index is -1.52. The second-order valence-corrected chi connectivity index (χ2v) is 24.4. The Kier molecular flexibility index (Phi) is 26.4. The van der Waals surface area contributed by atoms with Crippen LogP contribution in [-0.2, 0) is 4.74 Å². The lowest BCUT2D eigenvalue weighted by Gasteiger charge is -2.44. The molecule has 1 aliphatic rings. The molecule has 532 valence electrons. The van der Waals surface area contributed by atoms with Crippen LogP contribution in [0.25, 0.3) is 0 Å². The van der Waals surface area contributed by atoms with E-state index in [1.807, 2.05) is 26.0 Å². The average molecular weight is 1490 g/mol. The number of halogens is 5. The van der Waals surface area contributed by atoms with Gasteiger partial charge in [-0.2, -0.15) is 0 Å². The van der Waals surface area contributed by atoms with Crippen LogP contribution in [0.15, 0.2) is 96.4 Å². The van der Waals surface area contributed by atoms with Crippen LogP contribution in [0.5, 0.6) is 34.5 Å². The van der Waals surface area contributed by atoms with Crippen molar-refractivity contribution in [1.82, 2.24) is 19.6 Å². The van der Waals surface area contributed by atoms with E-state index >= 15 is 0 Å². The highest BCUT2D eigenvalue weighted by molar-refractivity contribution is 6.36. The van der Waals surface area contributed by atoms with Crippen LogP contribution in [-0.4, -0.2) is 166 Å². The number of nitro groups is 2. The Labute approximate surface area is 591 Å². The Bertz CT molecular complexity index is 4670. The molecule has 11 N–H and O–H groups in total. The average Bonchev–Trinajstić information content (AvgIpc) is 0.953. The zero-order chi connectivity index (χ0) is 75.6. The summed E-state index contributed by atoms with van der Waals surface area (Å²) in [4.78, 5) is 130. The molecule has 8 aromatic rings. The van der Waals surface area contributed by atoms with Crippen molar-refractivity contribution in [3.63, 3.8) is 0 Å². The number of hydrogen-bond donors (Lipinski definition) is 10. The topological polar surface area (TPSA) is 468 Å². The summed E-state index contributed by atoms with van der Waals surface area (Å²) in [5.41, 5.74) is 0.146. The number of nitrogens with zero attached hydrogens (tertiary/aromatic N) is 6. The van der Waals surface area contributed by atoms with E-state index < -0.39 is 101 Å². The Balaban J connectivity index is 0.000000237. The van der Waals surface area contributed by atoms with Gasteiger partial charge in [0.2, 0.25) is 11.5 Å². The maximum atomic E-state index is 12.5. The van der Waals surface area contributed by atoms with Gasteiger partial charge in [0.15, 0.2) is 23.0 Å². The largest absolute Gasteiger partial charge is 0.505 e. The third-order valence-corrected chi connectivity index (χ3v) is 15.8. The monoisotopic (exact) mass is 1490 g/mol. The number of rotatable bonds is 17. The van der Waals surface area contributed by atoms with Gasteiger partial charge in [0.1, 0.15) is 56.4 Å². The maximum Gasteiger partial charge on any atom is 0.341 e. The van der Waals surface area contributed by atoms with E-state index in [0.717, 1.165) is 18.2 Å². The Morgan fingerprint density at radius 3 is 1.28 bits per heavy atom. The molecule has 32 nitrogen and oxygen atoms in total. The number of amides is 4. The van der Waals surface area contributed by atoms with Gasteiger partial charge in [-0.3, -0.25) is 58.6 Å². The van der Waals surface area contributed by atoms with Crippen molar-refractivity contribution in [3.05, 3.63) is 198 Å². The number of nitrogen functional groups attached to an aromatic ring is 1. The maximum absolute atomic E-state index is 12.5. The zero-order valence-corrected chi connectivity index (χ0v) is 58.3. The summed E-state index contributed by atoms with van der Waals surface area (Å²) < 4.78 is 16.3. The summed E-state index contributed by atoms with van der Waals surface area (Å²) in [5.74, 6) is -4.98. The summed E-state index contributed by atoms with van der Waals surface area (Å²) in [7, 11) is 12.1. The number of furan rings is 1. The molecular formula is C63H63Cl5N10O22. The third kappa shape index (κ3) is 17.5. The number of aromatic hydroxyl groups is 5. The molecule has 9 rings (SSSR count). The van der Waals surface area contributed by atoms with E-state index in [4.69, 9.17) is 82.7 Å². The normalized spacial score (nSPS) is 12.0. The minimum absolute atomic E-state index is 0.0157. The van der Waals surface area contributed by atoms with Crippen LogP contribution >= 0.6 is 58.0 Å². The zero-order valence-electron chi connectivity index (χ0n) is 54.5. The number of phenols is 5. The number of anilines is 6. The number of phenolic OH excluding ortho intramolecular Hbond substituents is 4. The first-order valence-corrected chi connectivity index (χ1v) is 30.4. The van der Waals surface area contributed by atoms with Crippen LogP contribution in [0.1, 0.15) is 83.2 Å². The fraction of sp³-hybridized carbons (Fsp3) is 0.254. The molecule has 37 heteroatoms. The van der Waals surface area contributed by atoms with Crippen LogP contribution in [0.2, 0.25) is 25.1 Å². The van der Waals surface area contributed by atoms with Crippen molar-refractivity contribution in [2.45, 2.75) is 26.8 Å². The lowest BCUT2D eigenvalue weighted by molar-refractivity contribution is -0.386. The van der Waals surface area contributed by atoms with Crippen LogP contribution in [0.3, 0.4) is 0 Å². The highest BCUT2D eigenvalue weighted by atomic mass is 35.5. The van der Waals surface area contributed by atoms with Gasteiger partial charge < -0.3 is 85.8 Å². The Morgan fingerprint density at radius 2 is 0.910 bits per heavy atom. The highest BCUT2D eigenvalue weighted by Gasteiger charge is 2.45. The van der Waals surface area contributed by atoms with Crippen LogP contribution in [0.4, 0.5) is 45.5 Å². The molecule has 0 unspecified atom stereocenters. The van der Waals surface area contributed by atoms with Crippen LogP contribution in [0, 0.1) is 32.6 Å². The van der Waals surface area contributed by atoms with Gasteiger partial charge in [-0.25, -0.2) is 4.79 Å². The predicted octanol–water partition coefficient (Wildman–Crippen LogP) is 9.30. The molecule has 0 radical (unpaired) electrons. The number of hydrogen-bond acceptors (Lipinski definition) is 25. The van der Waals surface area contributed by atoms with Gasteiger partial charge in [0.05, 0.1) is 77.9 Å². The summed E-state index contributed by atoms with van der Waals surface area (Å²) in [5, 5.41) is 87.4. The number of aromatic carboxylic acids is 1. The smallest absolute Gasteiger partial charge is 0.341 e. The molecule has 1 atom stereocenters. The number of carbonyl (C=O) groups is 5. The molecular weight excluding hydrogens is 1430 g/mol. The minimum Gasteiger partial charge on any atom is -0.505 e. The fourth-order valence-electron chi connectivity index (χ4n) is 8.85. The Hall–Kier alpha value is -10.9. The van der Waals surface area contributed by atoms with Gasteiger partial charge in [-0.05, 0) is 74.5 Å². The quantitative estimate of drug-likeness (QED) is 0.0133. The number of carboxylic acid groups (broad SMARTS) is 1. The summed E-state index contributed by atoms with van der Waals surface area (Å²) in [6, 6.07) is 16.0. The number of ether oxygens (including phenoxy) is 2. The fourth-order valence-corrected chi connectivity index (χ4v) is 10.0. The van der Waals surface area contributed by atoms with Crippen molar-refractivity contribution in [2.75, 3.05) is 97.9 Å². The van der Waals surface area contributed by atoms with E-state index in [-0.39, 0.29) is 111 Å². The van der Waals surface area contributed by atoms with Gasteiger partial charge in [-0.15, -0.1) is 0 Å². The van der Waals surface area contributed by atoms with E-state index in [0.29, 0.717) is 24.7 Å². The molecule has 100 heavy (non-hydrogen) atoms. The number of aryl methyl sites for hydroxylation is 1. The van der Waals surface area contributed by atoms with Gasteiger partial charge in [0.25, 0.3) is 45.3 Å². The summed E-state index contributed by atoms with van der Waals surface area (Å²) in [6.07, 6.45) is 0. The number of carbonyl (C=O) groups excluding carboxylic acids is 4. The molecule has 1 aliphatic heterocycles. The molecule has 0 saturated carbocycles. The second-order valence-electron chi connectivity index (χ2n) is 22.3. The van der Waals surface area contributed by atoms with Gasteiger partial charge >= 0.3 is 17.3 Å². The highest BCUT2D eigenvalue weighted by Crippen LogP contribution is 2.45. The lowest BCUT2D eigenvalue weighted by atomic mass is 9.79. The predicted molar refractivity (Wildman–Crippen MR) is 372 cm³/mol.